The predicted molar refractivity (Wildman–Crippen MR) is 91.4 cm³/mol. The third kappa shape index (κ3) is 5.80. The summed E-state index contributed by atoms with van der Waals surface area (Å²) in [7, 11) is 0. The van der Waals surface area contributed by atoms with Crippen molar-refractivity contribution in [2.24, 2.45) is 5.16 Å². The zero-order valence-corrected chi connectivity index (χ0v) is 14.8. The van der Waals surface area contributed by atoms with Crippen molar-refractivity contribution >= 4 is 18.0 Å². The molecule has 3 N–H and O–H groups in total. The van der Waals surface area contributed by atoms with Gasteiger partial charge in [-0.15, -0.1) is 0 Å². The first-order chi connectivity index (χ1) is 13.0. The minimum Gasteiger partial charge on any atom is -0.396 e. The first-order valence-corrected chi connectivity index (χ1v) is 8.91. The zero-order valence-electron chi connectivity index (χ0n) is 14.8. The number of hydrogen-bond acceptors (Lipinski definition) is 8. The summed E-state index contributed by atoms with van der Waals surface area (Å²) in [5.74, 6) is -0.565. The van der Waals surface area contributed by atoms with Crippen molar-refractivity contribution in [2.45, 2.75) is 56.3 Å². The fourth-order valence-electron chi connectivity index (χ4n) is 2.83. The molecule has 5 atom stereocenters. The minimum atomic E-state index is -1.87. The molecule has 0 radical (unpaired) electrons. The molecule has 0 bridgehead atoms. The number of hydrogen-bond donors (Lipinski definition) is 3. The lowest BCUT2D eigenvalue weighted by atomic mass is 9.96. The summed E-state index contributed by atoms with van der Waals surface area (Å²) in [6.45, 7) is 0.125. The van der Waals surface area contributed by atoms with Crippen LogP contribution in [0, 0.1) is 0 Å². The van der Waals surface area contributed by atoms with Crippen molar-refractivity contribution in [1.82, 2.24) is 4.90 Å². The summed E-state index contributed by atoms with van der Waals surface area (Å²) in [6, 6.07) is 0. The number of amides is 2. The molecule has 0 aromatic rings. The number of carbonyl (C=O) groups is 2. The van der Waals surface area contributed by atoms with Crippen LogP contribution in [0.3, 0.4) is 0 Å². The number of rotatable bonds is 10. The summed E-state index contributed by atoms with van der Waals surface area (Å²) in [5.41, 5.74) is 0. The van der Waals surface area contributed by atoms with Crippen LogP contribution in [0.1, 0.15) is 25.7 Å². The Morgan fingerprint density at radius 2 is 1.81 bits per heavy atom. The fourth-order valence-corrected chi connectivity index (χ4v) is 2.83. The fraction of sp³-hybridized carbons (Fsp3) is 0.706. The average molecular weight is 387 g/mol. The number of oxime groups is 1. The Morgan fingerprint density at radius 1 is 1.15 bits per heavy atom. The smallest absolute Gasteiger partial charge is 0.253 e. The van der Waals surface area contributed by atoms with E-state index in [-0.39, 0.29) is 18.4 Å². The van der Waals surface area contributed by atoms with E-state index in [9.17, 15) is 24.2 Å². The molecule has 1 fully saturated rings. The highest BCUT2D eigenvalue weighted by molar-refractivity contribution is 6.12. The van der Waals surface area contributed by atoms with Crippen molar-refractivity contribution in [3.05, 3.63) is 12.2 Å². The zero-order chi connectivity index (χ0) is 19.8. The molecule has 2 rings (SSSR count). The van der Waals surface area contributed by atoms with Crippen LogP contribution < -0.4 is 0 Å². The SMILES string of the molecule is O=C1C=CC(=O)N1CCCCCCO/N=C/C1OC(CO)C(O)C(O)C1[18F]. The van der Waals surface area contributed by atoms with Crippen molar-refractivity contribution in [2.75, 3.05) is 19.8 Å². The Balaban J connectivity index is 1.56. The number of halogens is 1. The molecule has 152 valence electrons. The number of nitrogens with zero attached hydrogens (tertiary/aromatic N) is 2. The number of unbranched alkanes of at least 4 members (excludes halogenated alkanes) is 3. The Bertz CT molecular complexity index is 551. The number of alkyl halides is 1. The van der Waals surface area contributed by atoms with Gasteiger partial charge in [-0.1, -0.05) is 11.6 Å². The van der Waals surface area contributed by atoms with E-state index >= 15 is 0 Å². The standard InChI is InChI=1S/C17H25FN2O7/c18-15-11(27-12(10-21)16(24)17(15)25)9-19-26-8-4-2-1-3-7-20-13(22)5-6-14(20)23/h5-6,9,11-12,15-17,21,24-25H,1-4,7-8,10H2/b19-9+/i18-1. The van der Waals surface area contributed by atoms with Crippen LogP contribution in [0.5, 0.6) is 0 Å². The van der Waals surface area contributed by atoms with Crippen LogP contribution in [0.2, 0.25) is 0 Å². The van der Waals surface area contributed by atoms with Crippen molar-refractivity contribution < 1.29 is 38.9 Å². The van der Waals surface area contributed by atoms with Gasteiger partial charge in [0.15, 0.2) is 6.17 Å². The average Bonchev–Trinajstić information content (AvgIpc) is 2.98. The molecule has 2 aliphatic rings. The van der Waals surface area contributed by atoms with E-state index in [0.29, 0.717) is 19.4 Å². The normalized spacial score (nSPS) is 31.3. The summed E-state index contributed by atoms with van der Waals surface area (Å²) in [4.78, 5) is 28.9. The lowest BCUT2D eigenvalue weighted by Gasteiger charge is -2.37. The van der Waals surface area contributed by atoms with E-state index in [4.69, 9.17) is 14.7 Å². The predicted octanol–water partition coefficient (Wildman–Crippen LogP) is -0.706. The Labute approximate surface area is 156 Å². The number of imide groups is 1. The summed E-state index contributed by atoms with van der Waals surface area (Å²) in [5, 5.41) is 31.8. The van der Waals surface area contributed by atoms with E-state index in [1.807, 2.05) is 0 Å². The maximum atomic E-state index is 13.9. The molecule has 5 unspecified atom stereocenters. The lowest BCUT2D eigenvalue weighted by molar-refractivity contribution is -0.193. The van der Waals surface area contributed by atoms with Gasteiger partial charge in [0.25, 0.3) is 11.8 Å². The number of aliphatic hydroxyl groups excluding tert-OH is 3. The molecule has 0 aromatic heterocycles. The quantitative estimate of drug-likeness (QED) is 0.196. The second kappa shape index (κ2) is 10.5. The minimum absolute atomic E-state index is 0.283. The maximum absolute atomic E-state index is 13.9. The lowest BCUT2D eigenvalue weighted by Crippen LogP contribution is -2.57. The first-order valence-electron chi connectivity index (χ1n) is 8.91. The van der Waals surface area contributed by atoms with Crippen LogP contribution in [-0.2, 0) is 19.2 Å². The third-order valence-electron chi connectivity index (χ3n) is 4.43. The van der Waals surface area contributed by atoms with Gasteiger partial charge in [0, 0.05) is 18.7 Å². The highest BCUT2D eigenvalue weighted by Crippen LogP contribution is 2.22. The van der Waals surface area contributed by atoms with Gasteiger partial charge in [-0.2, -0.15) is 0 Å². The van der Waals surface area contributed by atoms with Gasteiger partial charge in [0.2, 0.25) is 0 Å². The van der Waals surface area contributed by atoms with Crippen LogP contribution in [0.25, 0.3) is 0 Å². The Morgan fingerprint density at radius 3 is 2.48 bits per heavy atom. The van der Waals surface area contributed by atoms with Crippen LogP contribution in [0.15, 0.2) is 17.3 Å². The van der Waals surface area contributed by atoms with E-state index < -0.39 is 37.2 Å². The van der Waals surface area contributed by atoms with Gasteiger partial charge in [-0.25, -0.2) is 4.39 Å². The monoisotopic (exact) mass is 387 g/mol. The topological polar surface area (TPSA) is 129 Å². The van der Waals surface area contributed by atoms with E-state index in [1.165, 1.54) is 17.1 Å². The Hall–Kier alpha value is -1.88. The molecule has 2 heterocycles. The number of ether oxygens (including phenoxy) is 1. The molecular weight excluding hydrogens is 362 g/mol. The van der Waals surface area contributed by atoms with Crippen molar-refractivity contribution in [1.29, 1.82) is 0 Å². The van der Waals surface area contributed by atoms with Crippen molar-refractivity contribution in [3.63, 3.8) is 0 Å². The molecule has 0 aliphatic carbocycles. The summed E-state index contributed by atoms with van der Waals surface area (Å²) in [6.07, 6.45) is -0.781. The second-order valence-electron chi connectivity index (χ2n) is 6.41. The van der Waals surface area contributed by atoms with Gasteiger partial charge >= 0.3 is 0 Å². The molecule has 1 saturated heterocycles. The van der Waals surface area contributed by atoms with Gasteiger partial charge < -0.3 is 24.9 Å². The third-order valence-corrected chi connectivity index (χ3v) is 4.43. The molecule has 0 spiro atoms. The molecule has 2 amide bonds. The van der Waals surface area contributed by atoms with Crippen LogP contribution in [0.4, 0.5) is 4.39 Å². The summed E-state index contributed by atoms with van der Waals surface area (Å²) >= 11 is 0. The van der Waals surface area contributed by atoms with Crippen LogP contribution >= 0.6 is 0 Å². The van der Waals surface area contributed by atoms with Gasteiger partial charge in [0.05, 0.1) is 12.8 Å². The highest BCUT2D eigenvalue weighted by Gasteiger charge is 2.44. The highest BCUT2D eigenvalue weighted by atomic mass is 18.2. The second-order valence-corrected chi connectivity index (χ2v) is 6.41. The number of carbonyl (C=O) groups excluding carboxylic acids is 2. The van der Waals surface area contributed by atoms with Crippen LogP contribution in [-0.4, -0.2) is 88.6 Å². The molecule has 0 aromatic carbocycles. The first kappa shape index (κ1) is 21.4. The molecule has 10 heteroatoms. The largest absolute Gasteiger partial charge is 0.396 e. The summed E-state index contributed by atoms with van der Waals surface area (Å²) < 4.78 is 19.0. The van der Waals surface area contributed by atoms with E-state index in [2.05, 4.69) is 5.16 Å². The van der Waals surface area contributed by atoms with E-state index in [1.54, 1.807) is 0 Å². The molecule has 0 saturated carbocycles. The number of aliphatic hydroxyl groups is 3. The molecular formula is C17H25FN2O7. The van der Waals surface area contributed by atoms with Gasteiger partial charge in [-0.3, -0.25) is 14.5 Å². The van der Waals surface area contributed by atoms with E-state index in [0.717, 1.165) is 19.1 Å². The van der Waals surface area contributed by atoms with Gasteiger partial charge in [0.1, 0.15) is 31.0 Å². The molecule has 9 nitrogen and oxygen atoms in total. The van der Waals surface area contributed by atoms with Crippen molar-refractivity contribution in [3.8, 4) is 0 Å². The molecule has 27 heavy (non-hydrogen) atoms. The Kier molecular flexibility index (Phi) is 8.29. The maximum Gasteiger partial charge on any atom is 0.253 e. The van der Waals surface area contributed by atoms with Gasteiger partial charge in [-0.05, 0) is 19.3 Å². The molecule has 2 aliphatic heterocycles.